The molecule has 2 amide bonds. The summed E-state index contributed by atoms with van der Waals surface area (Å²) in [5.41, 5.74) is 1.74. The van der Waals surface area contributed by atoms with Crippen LogP contribution in [0.5, 0.6) is 0 Å². The van der Waals surface area contributed by atoms with Crippen LogP contribution in [-0.4, -0.2) is 66.7 Å². The molecule has 1 aliphatic heterocycles. The molecule has 1 aliphatic carbocycles. The number of hydrogen-bond acceptors (Lipinski definition) is 4. The summed E-state index contributed by atoms with van der Waals surface area (Å²) in [6.07, 6.45) is 3.31. The summed E-state index contributed by atoms with van der Waals surface area (Å²) in [5.74, 6) is -0.264. The minimum Gasteiger partial charge on any atom is -0.396 e. The van der Waals surface area contributed by atoms with Crippen LogP contribution < -0.4 is 0 Å². The Hall–Kier alpha value is -1.92. The summed E-state index contributed by atoms with van der Waals surface area (Å²) in [4.78, 5) is 28.8. The van der Waals surface area contributed by atoms with E-state index in [-0.39, 0.29) is 30.4 Å². The molecule has 2 atom stereocenters. The summed E-state index contributed by atoms with van der Waals surface area (Å²) in [7, 11) is 3.50. The number of aliphatic hydroxyl groups is 1. The summed E-state index contributed by atoms with van der Waals surface area (Å²) in [5, 5.41) is 9.88. The maximum atomic E-state index is 13.3. The minimum atomic E-state index is -0.740. The van der Waals surface area contributed by atoms with Crippen LogP contribution in [0, 0.1) is 12.3 Å². The van der Waals surface area contributed by atoms with Gasteiger partial charge in [-0.2, -0.15) is 0 Å². The Morgan fingerprint density at radius 3 is 2.63 bits per heavy atom. The molecule has 0 bridgehead atoms. The first-order valence-electron chi connectivity index (χ1n) is 9.67. The second-order valence-corrected chi connectivity index (χ2v) is 8.10. The van der Waals surface area contributed by atoms with Crippen molar-refractivity contribution in [1.82, 2.24) is 9.80 Å². The second kappa shape index (κ2) is 7.98. The van der Waals surface area contributed by atoms with E-state index in [0.717, 1.165) is 36.8 Å². The van der Waals surface area contributed by atoms with E-state index in [0.29, 0.717) is 6.54 Å². The van der Waals surface area contributed by atoms with Gasteiger partial charge in [0, 0.05) is 26.1 Å². The van der Waals surface area contributed by atoms with Gasteiger partial charge in [-0.05, 0) is 30.9 Å². The van der Waals surface area contributed by atoms with Crippen LogP contribution in [0.3, 0.4) is 0 Å². The van der Waals surface area contributed by atoms with Gasteiger partial charge in [-0.15, -0.1) is 0 Å². The average molecular weight is 374 g/mol. The number of carbonyl (C=O) groups is 2. The number of ether oxygens (including phenoxy) is 1. The quantitative estimate of drug-likeness (QED) is 0.855. The Morgan fingerprint density at radius 2 is 2.00 bits per heavy atom. The first kappa shape index (κ1) is 19.8. The molecule has 1 aromatic carbocycles. The first-order chi connectivity index (χ1) is 12.9. The zero-order chi connectivity index (χ0) is 19.6. The summed E-state index contributed by atoms with van der Waals surface area (Å²) in [6.45, 7) is 2.50. The molecule has 1 saturated heterocycles. The van der Waals surface area contributed by atoms with Gasteiger partial charge in [0.15, 0.2) is 6.10 Å². The largest absolute Gasteiger partial charge is 0.396 e. The van der Waals surface area contributed by atoms with Crippen molar-refractivity contribution in [3.05, 3.63) is 35.4 Å². The zero-order valence-electron chi connectivity index (χ0n) is 16.5. The Bertz CT molecular complexity index is 699. The Kier molecular flexibility index (Phi) is 5.86. The number of hydrogen-bond donors (Lipinski definition) is 1. The fraction of sp³-hybridized carbons (Fsp3) is 0.619. The van der Waals surface area contributed by atoms with Crippen LogP contribution in [0.25, 0.3) is 0 Å². The van der Waals surface area contributed by atoms with E-state index in [9.17, 15) is 14.7 Å². The molecule has 0 spiro atoms. The van der Waals surface area contributed by atoms with Crippen molar-refractivity contribution < 1.29 is 19.4 Å². The molecule has 0 aromatic heterocycles. The Morgan fingerprint density at radius 1 is 1.33 bits per heavy atom. The van der Waals surface area contributed by atoms with Crippen molar-refractivity contribution >= 4 is 11.8 Å². The molecule has 1 N–H and O–H groups in total. The third-order valence-corrected chi connectivity index (χ3v) is 6.18. The number of rotatable bonds is 5. The van der Waals surface area contributed by atoms with E-state index in [4.69, 9.17) is 4.74 Å². The molecule has 3 rings (SSSR count). The number of amides is 2. The molecule has 0 radical (unpaired) electrons. The molecule has 1 aromatic rings. The normalized spacial score (nSPS) is 24.9. The third-order valence-electron chi connectivity index (χ3n) is 6.18. The number of likely N-dealkylation sites (N-methyl/N-ethyl adjacent to an activating group) is 2. The van der Waals surface area contributed by atoms with Gasteiger partial charge in [0.2, 0.25) is 5.91 Å². The zero-order valence-corrected chi connectivity index (χ0v) is 16.5. The number of morpholine rings is 1. The van der Waals surface area contributed by atoms with Crippen molar-refractivity contribution in [3.63, 3.8) is 0 Å². The van der Waals surface area contributed by atoms with Crippen LogP contribution in [-0.2, 0) is 14.3 Å². The number of nitrogens with zero attached hydrogens (tertiary/aromatic N) is 2. The number of aliphatic hydroxyl groups excluding tert-OH is 1. The molecule has 148 valence electrons. The lowest BCUT2D eigenvalue weighted by Gasteiger charge is -2.41. The van der Waals surface area contributed by atoms with Gasteiger partial charge < -0.3 is 19.6 Å². The summed E-state index contributed by atoms with van der Waals surface area (Å²) >= 11 is 0. The molecule has 27 heavy (non-hydrogen) atoms. The van der Waals surface area contributed by atoms with Gasteiger partial charge in [0.25, 0.3) is 5.91 Å². The molecule has 2 aliphatic rings. The van der Waals surface area contributed by atoms with Crippen molar-refractivity contribution in [2.45, 2.75) is 44.8 Å². The second-order valence-electron chi connectivity index (χ2n) is 8.10. The lowest BCUT2D eigenvalue weighted by atomic mass is 9.86. The molecule has 6 nitrogen and oxygen atoms in total. The summed E-state index contributed by atoms with van der Waals surface area (Å²) < 4.78 is 5.75. The van der Waals surface area contributed by atoms with Gasteiger partial charge in [-0.25, -0.2) is 0 Å². The van der Waals surface area contributed by atoms with Gasteiger partial charge in [-0.1, -0.05) is 37.1 Å². The third kappa shape index (κ3) is 3.87. The highest BCUT2D eigenvalue weighted by Crippen LogP contribution is 2.39. The van der Waals surface area contributed by atoms with Crippen molar-refractivity contribution in [1.29, 1.82) is 0 Å². The van der Waals surface area contributed by atoms with Crippen LogP contribution in [0.4, 0.5) is 0 Å². The van der Waals surface area contributed by atoms with Crippen LogP contribution >= 0.6 is 0 Å². The van der Waals surface area contributed by atoms with Crippen molar-refractivity contribution in [2.75, 3.05) is 33.9 Å². The van der Waals surface area contributed by atoms with Crippen molar-refractivity contribution in [2.24, 2.45) is 5.41 Å². The highest BCUT2D eigenvalue weighted by Gasteiger charge is 2.43. The number of aryl methyl sites for hydroxylation is 1. The average Bonchev–Trinajstić information content (AvgIpc) is 3.13. The maximum Gasteiger partial charge on any atom is 0.254 e. The van der Waals surface area contributed by atoms with E-state index in [1.807, 2.05) is 31.2 Å². The summed E-state index contributed by atoms with van der Waals surface area (Å²) in [6, 6.07) is 7.34. The minimum absolute atomic E-state index is 0.0890. The molecule has 6 heteroatoms. The molecular weight excluding hydrogens is 344 g/mol. The lowest BCUT2D eigenvalue weighted by Crippen LogP contribution is -2.54. The maximum absolute atomic E-state index is 13.3. The van der Waals surface area contributed by atoms with Gasteiger partial charge in [0.05, 0.1) is 12.6 Å². The van der Waals surface area contributed by atoms with Crippen LogP contribution in [0.2, 0.25) is 0 Å². The number of benzene rings is 1. The lowest BCUT2D eigenvalue weighted by molar-refractivity contribution is -0.167. The molecule has 1 saturated carbocycles. The molecule has 2 fully saturated rings. The smallest absolute Gasteiger partial charge is 0.254 e. The van der Waals surface area contributed by atoms with Crippen molar-refractivity contribution in [3.8, 4) is 0 Å². The topological polar surface area (TPSA) is 70.1 Å². The molecule has 1 heterocycles. The number of carbonyl (C=O) groups excluding carboxylic acids is 2. The van der Waals surface area contributed by atoms with Crippen LogP contribution in [0.1, 0.15) is 42.9 Å². The monoisotopic (exact) mass is 374 g/mol. The Balaban J connectivity index is 1.84. The van der Waals surface area contributed by atoms with Crippen LogP contribution in [0.15, 0.2) is 24.3 Å². The fourth-order valence-electron chi connectivity index (χ4n) is 4.50. The molecular formula is C21H30N2O4. The fourth-order valence-corrected chi connectivity index (χ4v) is 4.50. The van der Waals surface area contributed by atoms with E-state index >= 15 is 0 Å². The highest BCUT2D eigenvalue weighted by molar-refractivity contribution is 5.86. The standard InChI is InChI=1S/C21H30N2O4/c1-15-8-4-5-9-16(15)18-19(27-12-17(25)23(18)3)20(26)22(2)13-21(14-24)10-6-7-11-21/h4-5,8-9,18-19,24H,6-7,10-14H2,1-3H3/t18-,19+/m1/s1. The predicted octanol–water partition coefficient (Wildman–Crippen LogP) is 1.90. The van der Waals surface area contributed by atoms with Gasteiger partial charge in [-0.3, -0.25) is 9.59 Å². The van der Waals surface area contributed by atoms with E-state index in [1.54, 1.807) is 23.9 Å². The predicted molar refractivity (Wildman–Crippen MR) is 102 cm³/mol. The first-order valence-corrected chi connectivity index (χ1v) is 9.67. The van der Waals surface area contributed by atoms with E-state index < -0.39 is 12.1 Å². The SMILES string of the molecule is Cc1ccccc1[C@@H]1[C@@H](C(=O)N(C)CC2(CO)CCCC2)OCC(=O)N1C. The highest BCUT2D eigenvalue weighted by atomic mass is 16.5. The van der Waals surface area contributed by atoms with E-state index in [1.165, 1.54) is 0 Å². The van der Waals surface area contributed by atoms with E-state index in [2.05, 4.69) is 0 Å². The van der Waals surface area contributed by atoms with Gasteiger partial charge >= 0.3 is 0 Å². The Labute approximate surface area is 161 Å². The van der Waals surface area contributed by atoms with Gasteiger partial charge in [0.1, 0.15) is 6.61 Å². The molecule has 0 unspecified atom stereocenters.